The molecule has 102 valence electrons. The Kier molecular flexibility index (Phi) is 3.02. The highest BCUT2D eigenvalue weighted by Gasteiger charge is 2.15. The molecule has 2 heterocycles. The number of anilines is 1. The summed E-state index contributed by atoms with van der Waals surface area (Å²) in [6.45, 7) is 2.08. The summed E-state index contributed by atoms with van der Waals surface area (Å²) in [4.78, 5) is 12.3. The van der Waals surface area contributed by atoms with Crippen molar-refractivity contribution in [3.63, 3.8) is 0 Å². The Hall–Kier alpha value is -2.56. The SMILES string of the molecule is CCc1ccc2occ(C(=O)Nc3ccn(C)n3)c2c1. The van der Waals surface area contributed by atoms with Gasteiger partial charge in [0.15, 0.2) is 5.82 Å². The van der Waals surface area contributed by atoms with Crippen LogP contribution in [0.3, 0.4) is 0 Å². The second-order valence-corrected chi connectivity index (χ2v) is 4.66. The molecule has 0 atom stereocenters. The first-order valence-electron chi connectivity index (χ1n) is 6.48. The minimum Gasteiger partial charge on any atom is -0.463 e. The van der Waals surface area contributed by atoms with E-state index in [9.17, 15) is 4.79 Å². The Morgan fingerprint density at radius 3 is 2.95 bits per heavy atom. The monoisotopic (exact) mass is 269 g/mol. The molecule has 3 rings (SSSR count). The van der Waals surface area contributed by atoms with Gasteiger partial charge in [0.05, 0.1) is 5.56 Å². The zero-order valence-corrected chi connectivity index (χ0v) is 11.4. The van der Waals surface area contributed by atoms with Crippen LogP contribution in [0.1, 0.15) is 22.8 Å². The molecule has 2 aromatic heterocycles. The number of aromatic nitrogens is 2. The summed E-state index contributed by atoms with van der Waals surface area (Å²) in [5.74, 6) is 0.314. The lowest BCUT2D eigenvalue weighted by atomic mass is 10.1. The van der Waals surface area contributed by atoms with Gasteiger partial charge >= 0.3 is 0 Å². The van der Waals surface area contributed by atoms with Gasteiger partial charge in [0, 0.05) is 24.7 Å². The van der Waals surface area contributed by atoms with Gasteiger partial charge < -0.3 is 9.73 Å². The number of fused-ring (bicyclic) bond motifs is 1. The van der Waals surface area contributed by atoms with E-state index in [-0.39, 0.29) is 5.91 Å². The van der Waals surface area contributed by atoms with Gasteiger partial charge in [-0.25, -0.2) is 0 Å². The van der Waals surface area contributed by atoms with E-state index in [0.717, 1.165) is 11.8 Å². The van der Waals surface area contributed by atoms with E-state index < -0.39 is 0 Å². The van der Waals surface area contributed by atoms with E-state index in [2.05, 4.69) is 17.3 Å². The number of hydrogen-bond acceptors (Lipinski definition) is 3. The average molecular weight is 269 g/mol. The number of aryl methyl sites for hydroxylation is 2. The minimum absolute atomic E-state index is 0.212. The van der Waals surface area contributed by atoms with Gasteiger partial charge in [-0.3, -0.25) is 9.48 Å². The topological polar surface area (TPSA) is 60.1 Å². The summed E-state index contributed by atoms with van der Waals surface area (Å²) < 4.78 is 7.06. The molecule has 0 aliphatic heterocycles. The van der Waals surface area contributed by atoms with Crippen LogP contribution in [0.25, 0.3) is 11.0 Å². The van der Waals surface area contributed by atoms with Crippen LogP contribution < -0.4 is 5.32 Å². The molecule has 5 nitrogen and oxygen atoms in total. The van der Waals surface area contributed by atoms with Crippen LogP contribution in [0, 0.1) is 0 Å². The molecule has 20 heavy (non-hydrogen) atoms. The van der Waals surface area contributed by atoms with Crippen LogP contribution in [0.5, 0.6) is 0 Å². The quantitative estimate of drug-likeness (QED) is 0.795. The van der Waals surface area contributed by atoms with Crippen molar-refractivity contribution in [3.8, 4) is 0 Å². The van der Waals surface area contributed by atoms with Gasteiger partial charge in [0.1, 0.15) is 11.8 Å². The summed E-state index contributed by atoms with van der Waals surface area (Å²) in [6.07, 6.45) is 4.18. The van der Waals surface area contributed by atoms with E-state index in [4.69, 9.17) is 4.42 Å². The van der Waals surface area contributed by atoms with Gasteiger partial charge in [0.2, 0.25) is 0 Å². The molecule has 0 spiro atoms. The Morgan fingerprint density at radius 2 is 2.25 bits per heavy atom. The average Bonchev–Trinajstić information content (AvgIpc) is 3.04. The fourth-order valence-electron chi connectivity index (χ4n) is 2.14. The highest BCUT2D eigenvalue weighted by Crippen LogP contribution is 2.23. The number of benzene rings is 1. The molecule has 3 aromatic rings. The molecule has 0 unspecified atom stereocenters. The van der Waals surface area contributed by atoms with Gasteiger partial charge in [-0.15, -0.1) is 0 Å². The minimum atomic E-state index is -0.212. The molecule has 1 amide bonds. The molecule has 1 N–H and O–H groups in total. The maximum atomic E-state index is 12.3. The molecule has 0 fully saturated rings. The highest BCUT2D eigenvalue weighted by molar-refractivity contribution is 6.12. The highest BCUT2D eigenvalue weighted by atomic mass is 16.3. The Bertz CT molecular complexity index is 770. The Labute approximate surface area is 116 Å². The fraction of sp³-hybridized carbons (Fsp3) is 0.200. The van der Waals surface area contributed by atoms with Crippen molar-refractivity contribution in [1.82, 2.24) is 9.78 Å². The molecule has 5 heteroatoms. The molecular weight excluding hydrogens is 254 g/mol. The first-order chi connectivity index (χ1) is 9.67. The van der Waals surface area contributed by atoms with Crippen LogP contribution >= 0.6 is 0 Å². The van der Waals surface area contributed by atoms with E-state index in [0.29, 0.717) is 17.0 Å². The van der Waals surface area contributed by atoms with Crippen molar-refractivity contribution >= 4 is 22.7 Å². The van der Waals surface area contributed by atoms with Crippen LogP contribution in [-0.2, 0) is 13.5 Å². The number of rotatable bonds is 3. The lowest BCUT2D eigenvalue weighted by Gasteiger charge is -2.01. The molecular formula is C15H15N3O2. The maximum absolute atomic E-state index is 12.3. The fourth-order valence-corrected chi connectivity index (χ4v) is 2.14. The third kappa shape index (κ3) is 2.18. The van der Waals surface area contributed by atoms with Crippen molar-refractivity contribution in [1.29, 1.82) is 0 Å². The maximum Gasteiger partial charge on any atom is 0.260 e. The van der Waals surface area contributed by atoms with Crippen LogP contribution in [0.2, 0.25) is 0 Å². The first-order valence-corrected chi connectivity index (χ1v) is 6.48. The number of furan rings is 1. The van der Waals surface area contributed by atoms with Gasteiger partial charge in [-0.2, -0.15) is 5.10 Å². The number of carbonyl (C=O) groups is 1. The van der Waals surface area contributed by atoms with Crippen LogP contribution in [0.4, 0.5) is 5.82 Å². The van der Waals surface area contributed by atoms with E-state index in [1.54, 1.807) is 24.0 Å². The molecule has 0 radical (unpaired) electrons. The van der Waals surface area contributed by atoms with Crippen molar-refractivity contribution in [3.05, 3.63) is 47.9 Å². The number of carbonyl (C=O) groups excluding carboxylic acids is 1. The first kappa shape index (κ1) is 12.5. The summed E-state index contributed by atoms with van der Waals surface area (Å²) in [6, 6.07) is 7.64. The van der Waals surface area contributed by atoms with Gasteiger partial charge in [-0.05, 0) is 24.1 Å². The predicted octanol–water partition coefficient (Wildman–Crippen LogP) is 2.98. The third-order valence-electron chi connectivity index (χ3n) is 3.25. The zero-order valence-electron chi connectivity index (χ0n) is 11.4. The molecule has 0 saturated carbocycles. The molecule has 1 aromatic carbocycles. The molecule has 0 aliphatic rings. The summed E-state index contributed by atoms with van der Waals surface area (Å²) in [5.41, 5.74) is 2.42. The van der Waals surface area contributed by atoms with Crippen LogP contribution in [0.15, 0.2) is 41.1 Å². The van der Waals surface area contributed by atoms with E-state index >= 15 is 0 Å². The number of nitrogens with one attached hydrogen (secondary N) is 1. The van der Waals surface area contributed by atoms with Gasteiger partial charge in [-0.1, -0.05) is 13.0 Å². The Morgan fingerprint density at radius 1 is 1.40 bits per heavy atom. The van der Waals surface area contributed by atoms with E-state index in [1.807, 2.05) is 18.2 Å². The summed E-state index contributed by atoms with van der Waals surface area (Å²) >= 11 is 0. The van der Waals surface area contributed by atoms with Crippen molar-refractivity contribution in [2.75, 3.05) is 5.32 Å². The standard InChI is InChI=1S/C15H15N3O2/c1-3-10-4-5-13-11(8-10)12(9-20-13)15(19)16-14-6-7-18(2)17-14/h4-9H,3H2,1-2H3,(H,16,17,19). The number of hydrogen-bond donors (Lipinski definition) is 1. The van der Waals surface area contributed by atoms with Crippen molar-refractivity contribution in [2.24, 2.45) is 7.05 Å². The number of amides is 1. The lowest BCUT2D eigenvalue weighted by molar-refractivity contribution is 0.102. The molecule has 0 saturated heterocycles. The normalized spacial score (nSPS) is 10.9. The predicted molar refractivity (Wildman–Crippen MR) is 76.8 cm³/mol. The Balaban J connectivity index is 1.94. The third-order valence-corrected chi connectivity index (χ3v) is 3.25. The number of nitrogens with zero attached hydrogens (tertiary/aromatic N) is 2. The summed E-state index contributed by atoms with van der Waals surface area (Å²) in [5, 5.41) is 7.72. The van der Waals surface area contributed by atoms with E-state index in [1.165, 1.54) is 11.8 Å². The second-order valence-electron chi connectivity index (χ2n) is 4.66. The molecule has 0 aliphatic carbocycles. The van der Waals surface area contributed by atoms with Crippen LogP contribution in [-0.4, -0.2) is 15.7 Å². The second kappa shape index (κ2) is 4.85. The van der Waals surface area contributed by atoms with Gasteiger partial charge in [0.25, 0.3) is 5.91 Å². The molecule has 0 bridgehead atoms. The largest absolute Gasteiger partial charge is 0.463 e. The van der Waals surface area contributed by atoms with Crippen molar-refractivity contribution < 1.29 is 9.21 Å². The smallest absolute Gasteiger partial charge is 0.260 e. The van der Waals surface area contributed by atoms with Crippen molar-refractivity contribution in [2.45, 2.75) is 13.3 Å². The lowest BCUT2D eigenvalue weighted by Crippen LogP contribution is -2.12. The summed E-state index contributed by atoms with van der Waals surface area (Å²) in [7, 11) is 1.80. The zero-order chi connectivity index (χ0) is 14.1.